The van der Waals surface area contributed by atoms with Gasteiger partial charge in [-0.2, -0.15) is 0 Å². The quantitative estimate of drug-likeness (QED) is 0.704. The molecule has 0 aliphatic carbocycles. The molecule has 0 bridgehead atoms. The lowest BCUT2D eigenvalue weighted by molar-refractivity contribution is 0.248. The number of benzene rings is 2. The maximum absolute atomic E-state index is 13.5. The molecule has 1 heterocycles. The second-order valence-electron chi connectivity index (χ2n) is 4.37. The van der Waals surface area contributed by atoms with Crippen LogP contribution in [0, 0.1) is 23.3 Å². The Morgan fingerprint density at radius 3 is 2.40 bits per heavy atom. The van der Waals surface area contributed by atoms with E-state index in [0.29, 0.717) is 5.56 Å². The lowest BCUT2D eigenvalue weighted by Gasteiger charge is -2.22. The largest absolute Gasteiger partial charge is 0.481 e. The molecule has 2 aromatic rings. The van der Waals surface area contributed by atoms with Gasteiger partial charge in [-0.25, -0.2) is 17.6 Å². The molecule has 0 spiro atoms. The third kappa shape index (κ3) is 2.15. The van der Waals surface area contributed by atoms with Crippen LogP contribution >= 0.6 is 0 Å². The highest BCUT2D eigenvalue weighted by Gasteiger charge is 2.21. The molecule has 5 heteroatoms. The Morgan fingerprint density at radius 2 is 1.65 bits per heavy atom. The number of hydrogen-bond acceptors (Lipinski definition) is 1. The summed E-state index contributed by atoms with van der Waals surface area (Å²) in [5.41, 5.74) is 0.487. The van der Waals surface area contributed by atoms with Crippen molar-refractivity contribution in [2.45, 2.75) is 6.10 Å². The summed E-state index contributed by atoms with van der Waals surface area (Å²) in [6, 6.07) is 5.13. The van der Waals surface area contributed by atoms with Crippen LogP contribution in [0.25, 0.3) is 6.08 Å². The van der Waals surface area contributed by atoms with E-state index in [4.69, 9.17) is 4.74 Å². The average molecular weight is 280 g/mol. The van der Waals surface area contributed by atoms with E-state index in [1.807, 2.05) is 0 Å². The summed E-state index contributed by atoms with van der Waals surface area (Å²) < 4.78 is 58.1. The summed E-state index contributed by atoms with van der Waals surface area (Å²) in [5, 5.41) is 0. The minimum absolute atomic E-state index is 0.0275. The number of fused-ring (bicyclic) bond motifs is 1. The molecular weight excluding hydrogens is 272 g/mol. The van der Waals surface area contributed by atoms with Crippen LogP contribution in [0.5, 0.6) is 5.75 Å². The molecule has 0 N–H and O–H groups in total. The van der Waals surface area contributed by atoms with Gasteiger partial charge in [0.25, 0.3) is 0 Å². The van der Waals surface area contributed by atoms with E-state index in [1.54, 1.807) is 0 Å². The summed E-state index contributed by atoms with van der Waals surface area (Å²) in [5.74, 6) is -3.44. The lowest BCUT2D eigenvalue weighted by Crippen LogP contribution is -2.10. The lowest BCUT2D eigenvalue weighted by atomic mass is 10.0. The molecule has 0 radical (unpaired) electrons. The van der Waals surface area contributed by atoms with Crippen LogP contribution in [-0.4, -0.2) is 0 Å². The van der Waals surface area contributed by atoms with Gasteiger partial charge in [0.1, 0.15) is 23.5 Å². The van der Waals surface area contributed by atoms with Crippen molar-refractivity contribution in [2.75, 3.05) is 0 Å². The number of ether oxygens (including phenoxy) is 1. The van der Waals surface area contributed by atoms with Crippen LogP contribution in [-0.2, 0) is 0 Å². The van der Waals surface area contributed by atoms with Gasteiger partial charge >= 0.3 is 0 Å². The summed E-state index contributed by atoms with van der Waals surface area (Å²) in [6.07, 6.45) is 2.20. The van der Waals surface area contributed by atoms with Crippen LogP contribution in [0.1, 0.15) is 17.2 Å². The maximum Gasteiger partial charge on any atom is 0.159 e. The molecule has 20 heavy (non-hydrogen) atoms. The Bertz CT molecular complexity index is 709. The highest BCUT2D eigenvalue weighted by atomic mass is 19.2. The van der Waals surface area contributed by atoms with Gasteiger partial charge in [-0.1, -0.05) is 6.07 Å². The number of hydrogen-bond donors (Lipinski definition) is 0. The second kappa shape index (κ2) is 4.67. The van der Waals surface area contributed by atoms with E-state index >= 15 is 0 Å². The van der Waals surface area contributed by atoms with Crippen molar-refractivity contribution in [3.8, 4) is 5.75 Å². The Kier molecular flexibility index (Phi) is 2.97. The van der Waals surface area contributed by atoms with E-state index in [-0.39, 0.29) is 11.3 Å². The van der Waals surface area contributed by atoms with Crippen molar-refractivity contribution < 1.29 is 22.3 Å². The van der Waals surface area contributed by atoms with Crippen molar-refractivity contribution in [1.29, 1.82) is 0 Å². The van der Waals surface area contributed by atoms with E-state index in [0.717, 1.165) is 24.3 Å². The maximum atomic E-state index is 13.5. The molecule has 1 aliphatic heterocycles. The topological polar surface area (TPSA) is 9.23 Å². The molecule has 0 saturated heterocycles. The van der Waals surface area contributed by atoms with E-state index in [9.17, 15) is 17.6 Å². The van der Waals surface area contributed by atoms with Gasteiger partial charge in [-0.3, -0.25) is 0 Å². The van der Waals surface area contributed by atoms with Gasteiger partial charge in [0.2, 0.25) is 0 Å². The van der Waals surface area contributed by atoms with Crippen LogP contribution in [0.2, 0.25) is 0 Å². The molecule has 1 unspecified atom stereocenters. The van der Waals surface area contributed by atoms with Crippen LogP contribution in [0.4, 0.5) is 17.6 Å². The predicted molar refractivity (Wildman–Crippen MR) is 65.1 cm³/mol. The zero-order valence-electron chi connectivity index (χ0n) is 10.0. The van der Waals surface area contributed by atoms with Gasteiger partial charge in [0.15, 0.2) is 11.6 Å². The smallest absolute Gasteiger partial charge is 0.159 e. The van der Waals surface area contributed by atoms with Crippen LogP contribution in [0.15, 0.2) is 36.4 Å². The molecular formula is C15H8F4O. The Hall–Kier alpha value is -2.30. The summed E-state index contributed by atoms with van der Waals surface area (Å²) in [6.45, 7) is 0. The molecule has 102 valence electrons. The molecule has 1 atom stereocenters. The molecule has 0 fully saturated rings. The fourth-order valence-corrected chi connectivity index (χ4v) is 2.05. The standard InChI is InChI=1S/C15H8F4O/c16-9-6-12(18)10-2-4-14(20-15(10)7-9)8-1-3-11(17)13(19)5-8/h1-7,14H. The van der Waals surface area contributed by atoms with Gasteiger partial charge in [-0.05, 0) is 29.8 Å². The summed E-state index contributed by atoms with van der Waals surface area (Å²) in [7, 11) is 0. The minimum atomic E-state index is -1.00. The van der Waals surface area contributed by atoms with Crippen molar-refractivity contribution in [1.82, 2.24) is 0 Å². The molecule has 0 saturated carbocycles. The third-order valence-electron chi connectivity index (χ3n) is 3.02. The van der Waals surface area contributed by atoms with Crippen LogP contribution < -0.4 is 4.74 Å². The molecule has 0 amide bonds. The molecule has 2 aromatic carbocycles. The molecule has 1 nitrogen and oxygen atoms in total. The SMILES string of the molecule is Fc1cc(F)c2c(c1)OC(c1ccc(F)c(F)c1)C=C2. The van der Waals surface area contributed by atoms with E-state index < -0.39 is 29.4 Å². The second-order valence-corrected chi connectivity index (χ2v) is 4.37. The number of rotatable bonds is 1. The fraction of sp³-hybridized carbons (Fsp3) is 0.0667. The van der Waals surface area contributed by atoms with E-state index in [2.05, 4.69) is 0 Å². The van der Waals surface area contributed by atoms with Gasteiger partial charge in [-0.15, -0.1) is 0 Å². The zero-order valence-corrected chi connectivity index (χ0v) is 10.0. The normalized spacial score (nSPS) is 16.7. The Morgan fingerprint density at radius 1 is 0.850 bits per heavy atom. The average Bonchev–Trinajstić information content (AvgIpc) is 2.41. The first kappa shape index (κ1) is 12.7. The molecule has 1 aliphatic rings. The first-order valence-electron chi connectivity index (χ1n) is 5.83. The highest BCUT2D eigenvalue weighted by molar-refractivity contribution is 5.61. The van der Waals surface area contributed by atoms with Gasteiger partial charge in [0, 0.05) is 12.1 Å². The first-order valence-corrected chi connectivity index (χ1v) is 5.83. The molecule has 3 rings (SSSR count). The minimum Gasteiger partial charge on any atom is -0.481 e. The van der Waals surface area contributed by atoms with Crippen molar-refractivity contribution in [3.63, 3.8) is 0 Å². The zero-order chi connectivity index (χ0) is 14.3. The van der Waals surface area contributed by atoms with Crippen LogP contribution in [0.3, 0.4) is 0 Å². The molecule has 0 aromatic heterocycles. The van der Waals surface area contributed by atoms with Crippen molar-refractivity contribution in [2.24, 2.45) is 0 Å². The fourth-order valence-electron chi connectivity index (χ4n) is 2.05. The van der Waals surface area contributed by atoms with Gasteiger partial charge in [0.05, 0.1) is 5.56 Å². The Balaban J connectivity index is 1.98. The monoisotopic (exact) mass is 280 g/mol. The van der Waals surface area contributed by atoms with Gasteiger partial charge < -0.3 is 4.74 Å². The summed E-state index contributed by atoms with van der Waals surface area (Å²) in [4.78, 5) is 0. The predicted octanol–water partition coefficient (Wildman–Crippen LogP) is 4.39. The highest BCUT2D eigenvalue weighted by Crippen LogP contribution is 2.35. The van der Waals surface area contributed by atoms with E-state index in [1.165, 1.54) is 18.2 Å². The third-order valence-corrected chi connectivity index (χ3v) is 3.02. The first-order chi connectivity index (χ1) is 9.54. The van der Waals surface area contributed by atoms with Crippen molar-refractivity contribution in [3.05, 3.63) is 70.8 Å². The van der Waals surface area contributed by atoms with Crippen molar-refractivity contribution >= 4 is 6.08 Å². The summed E-state index contributed by atoms with van der Waals surface area (Å²) >= 11 is 0. The Labute approximate surface area is 112 Å². The number of halogens is 4.